The van der Waals surface area contributed by atoms with E-state index < -0.39 is 0 Å². The van der Waals surface area contributed by atoms with Gasteiger partial charge in [0.1, 0.15) is 22.3 Å². The van der Waals surface area contributed by atoms with Gasteiger partial charge in [-0.1, -0.05) is 170 Å². The molecule has 82 heavy (non-hydrogen) atoms. The summed E-state index contributed by atoms with van der Waals surface area (Å²) in [6.45, 7) is 0. The molecular formula is C75H45N5O2. The fourth-order valence-electron chi connectivity index (χ4n) is 12.5. The Hall–Kier alpha value is -11.2. The van der Waals surface area contributed by atoms with Crippen molar-refractivity contribution in [1.82, 2.24) is 24.1 Å². The minimum atomic E-state index is 0.541. The van der Waals surface area contributed by atoms with Crippen molar-refractivity contribution in [3.63, 3.8) is 0 Å². The first-order valence-corrected chi connectivity index (χ1v) is 27.6. The second kappa shape index (κ2) is 18.2. The lowest BCUT2D eigenvalue weighted by molar-refractivity contribution is 0.668. The van der Waals surface area contributed by atoms with Gasteiger partial charge in [0, 0.05) is 71.2 Å². The Morgan fingerprint density at radius 3 is 1.39 bits per heavy atom. The van der Waals surface area contributed by atoms with E-state index in [1.807, 2.05) is 42.5 Å². The molecule has 0 aliphatic rings. The van der Waals surface area contributed by atoms with Crippen LogP contribution in [0.1, 0.15) is 0 Å². The molecule has 17 rings (SSSR count). The van der Waals surface area contributed by atoms with Crippen molar-refractivity contribution in [1.29, 1.82) is 0 Å². The third-order valence-corrected chi connectivity index (χ3v) is 16.4. The standard InChI is InChI=1S/C75H45N5O2/c1-3-16-46(17-4-1)73-76-74(53-32-36-59-62-45-55(35-39-68(62)82-71(59)44-53)80-64-28-10-7-24-56(64)57-25-8-11-29-65(57)80)78-75(77-73)60-27-15-31-70-72(60)63-43-52(34-38-69(63)81-70)50-21-14-19-48(41-50)47-18-13-20-49(40-47)51-33-37-67-61(42-51)58-26-9-12-30-66(58)79(67)54-22-5-2-6-23-54/h1-45H. The summed E-state index contributed by atoms with van der Waals surface area (Å²) < 4.78 is 18.0. The van der Waals surface area contributed by atoms with Gasteiger partial charge in [0.2, 0.25) is 0 Å². The second-order valence-corrected chi connectivity index (χ2v) is 21.1. The molecule has 7 nitrogen and oxygen atoms in total. The van der Waals surface area contributed by atoms with E-state index in [9.17, 15) is 0 Å². The van der Waals surface area contributed by atoms with E-state index in [1.165, 1.54) is 38.1 Å². The van der Waals surface area contributed by atoms with Crippen LogP contribution in [-0.4, -0.2) is 24.1 Å². The summed E-state index contributed by atoms with van der Waals surface area (Å²) in [5.74, 6) is 1.66. The lowest BCUT2D eigenvalue weighted by Gasteiger charge is -2.10. The molecule has 0 aliphatic carbocycles. The molecule has 0 N–H and O–H groups in total. The minimum absolute atomic E-state index is 0.541. The minimum Gasteiger partial charge on any atom is -0.456 e. The Bertz CT molecular complexity index is 5360. The number of aromatic nitrogens is 5. The smallest absolute Gasteiger partial charge is 0.164 e. The van der Waals surface area contributed by atoms with Crippen molar-refractivity contribution in [3.05, 3.63) is 273 Å². The maximum Gasteiger partial charge on any atom is 0.164 e. The molecule has 5 aromatic heterocycles. The number of benzene rings is 12. The summed E-state index contributed by atoms with van der Waals surface area (Å²) in [5, 5.41) is 8.89. The molecular weight excluding hydrogens is 1000 g/mol. The van der Waals surface area contributed by atoms with Gasteiger partial charge in [0.15, 0.2) is 17.5 Å². The molecule has 7 heteroatoms. The summed E-state index contributed by atoms with van der Waals surface area (Å²) in [6.07, 6.45) is 0. The third kappa shape index (κ3) is 7.34. The lowest BCUT2D eigenvalue weighted by atomic mass is 9.95. The van der Waals surface area contributed by atoms with Gasteiger partial charge in [-0.3, -0.25) is 0 Å². The van der Waals surface area contributed by atoms with Crippen LogP contribution in [-0.2, 0) is 0 Å². The van der Waals surface area contributed by atoms with E-state index in [4.69, 9.17) is 23.8 Å². The molecule has 12 aromatic carbocycles. The highest BCUT2D eigenvalue weighted by Crippen LogP contribution is 2.42. The second-order valence-electron chi connectivity index (χ2n) is 21.1. The number of hydrogen-bond donors (Lipinski definition) is 0. The summed E-state index contributed by atoms with van der Waals surface area (Å²) >= 11 is 0. The average Bonchev–Trinajstić information content (AvgIpc) is 4.09. The zero-order chi connectivity index (χ0) is 53.8. The van der Waals surface area contributed by atoms with Gasteiger partial charge >= 0.3 is 0 Å². The molecule has 0 spiro atoms. The summed E-state index contributed by atoms with van der Waals surface area (Å²) in [5.41, 5.74) is 19.4. The molecule has 0 saturated carbocycles. The van der Waals surface area contributed by atoms with Gasteiger partial charge < -0.3 is 18.0 Å². The Balaban J connectivity index is 0.738. The van der Waals surface area contributed by atoms with E-state index in [2.05, 4.69) is 240 Å². The van der Waals surface area contributed by atoms with E-state index >= 15 is 0 Å². The van der Waals surface area contributed by atoms with Crippen molar-refractivity contribution in [3.8, 4) is 78.9 Å². The molecule has 0 saturated heterocycles. The van der Waals surface area contributed by atoms with Crippen molar-refractivity contribution in [2.45, 2.75) is 0 Å². The van der Waals surface area contributed by atoms with Crippen molar-refractivity contribution < 1.29 is 8.83 Å². The quantitative estimate of drug-likeness (QED) is 0.152. The van der Waals surface area contributed by atoms with Crippen LogP contribution in [0.15, 0.2) is 282 Å². The van der Waals surface area contributed by atoms with Crippen LogP contribution in [0, 0.1) is 0 Å². The predicted octanol–water partition coefficient (Wildman–Crippen LogP) is 19.9. The Kier molecular flexibility index (Phi) is 10.2. The number of para-hydroxylation sites is 4. The van der Waals surface area contributed by atoms with Crippen LogP contribution >= 0.6 is 0 Å². The van der Waals surface area contributed by atoms with Crippen LogP contribution in [0.5, 0.6) is 0 Å². The highest BCUT2D eigenvalue weighted by molar-refractivity contribution is 6.14. The summed E-state index contributed by atoms with van der Waals surface area (Å²) in [6, 6.07) is 96.4. The van der Waals surface area contributed by atoms with Gasteiger partial charge in [-0.25, -0.2) is 15.0 Å². The SMILES string of the molecule is c1ccc(-c2nc(-c3ccc4c(c3)oc3ccc(-n5c6ccccc6c6ccccc65)cc34)nc(-c3cccc4oc5ccc(-c6cccc(-c7cccc(-c8ccc9c(c8)c8ccccc8n9-c8ccccc8)c7)c6)cc5c34)n2)cc1. The van der Waals surface area contributed by atoms with Crippen LogP contribution in [0.25, 0.3) is 166 Å². The summed E-state index contributed by atoms with van der Waals surface area (Å²) in [4.78, 5) is 15.7. The molecule has 0 aliphatic heterocycles. The average molecular weight is 1050 g/mol. The molecule has 17 aromatic rings. The first-order valence-electron chi connectivity index (χ1n) is 27.6. The van der Waals surface area contributed by atoms with E-state index in [0.717, 1.165) is 111 Å². The normalized spacial score (nSPS) is 11.9. The van der Waals surface area contributed by atoms with Gasteiger partial charge in [-0.15, -0.1) is 0 Å². The molecule has 0 radical (unpaired) electrons. The fourth-order valence-corrected chi connectivity index (χ4v) is 12.5. The molecule has 0 atom stereocenters. The van der Waals surface area contributed by atoms with Crippen LogP contribution in [0.3, 0.4) is 0 Å². The Labute approximate surface area is 469 Å². The van der Waals surface area contributed by atoms with Crippen molar-refractivity contribution in [2.24, 2.45) is 0 Å². The van der Waals surface area contributed by atoms with Crippen molar-refractivity contribution in [2.75, 3.05) is 0 Å². The number of hydrogen-bond acceptors (Lipinski definition) is 5. The zero-order valence-corrected chi connectivity index (χ0v) is 44.0. The van der Waals surface area contributed by atoms with E-state index in [0.29, 0.717) is 17.5 Å². The van der Waals surface area contributed by atoms with E-state index in [1.54, 1.807) is 0 Å². The number of nitrogens with zero attached hydrogens (tertiary/aromatic N) is 5. The van der Waals surface area contributed by atoms with Crippen molar-refractivity contribution >= 4 is 87.5 Å². The molecule has 382 valence electrons. The van der Waals surface area contributed by atoms with Gasteiger partial charge in [0.05, 0.1) is 22.1 Å². The van der Waals surface area contributed by atoms with Crippen LogP contribution < -0.4 is 0 Å². The molecule has 0 unspecified atom stereocenters. The number of furan rings is 2. The highest BCUT2D eigenvalue weighted by Gasteiger charge is 2.21. The van der Waals surface area contributed by atoms with Gasteiger partial charge in [0.25, 0.3) is 0 Å². The van der Waals surface area contributed by atoms with Crippen LogP contribution in [0.2, 0.25) is 0 Å². The number of rotatable bonds is 8. The monoisotopic (exact) mass is 1050 g/mol. The highest BCUT2D eigenvalue weighted by atomic mass is 16.3. The van der Waals surface area contributed by atoms with Crippen LogP contribution in [0.4, 0.5) is 0 Å². The van der Waals surface area contributed by atoms with Gasteiger partial charge in [-0.2, -0.15) is 0 Å². The fraction of sp³-hybridized carbons (Fsp3) is 0. The molecule has 5 heterocycles. The lowest BCUT2D eigenvalue weighted by Crippen LogP contribution is -2.00. The first-order chi connectivity index (χ1) is 40.6. The molecule has 0 amide bonds. The van der Waals surface area contributed by atoms with Gasteiger partial charge in [-0.05, 0) is 137 Å². The maximum atomic E-state index is 6.63. The topological polar surface area (TPSA) is 74.8 Å². The summed E-state index contributed by atoms with van der Waals surface area (Å²) in [7, 11) is 0. The number of fused-ring (bicyclic) bond motifs is 12. The molecule has 0 bridgehead atoms. The Morgan fingerprint density at radius 2 is 0.707 bits per heavy atom. The Morgan fingerprint density at radius 1 is 0.232 bits per heavy atom. The molecule has 0 fully saturated rings. The maximum absolute atomic E-state index is 6.63. The zero-order valence-electron chi connectivity index (χ0n) is 44.0. The predicted molar refractivity (Wildman–Crippen MR) is 336 cm³/mol. The first kappa shape index (κ1) is 45.8. The van der Waals surface area contributed by atoms with E-state index in [-0.39, 0.29) is 0 Å². The largest absolute Gasteiger partial charge is 0.456 e. The third-order valence-electron chi connectivity index (χ3n) is 16.4.